The second-order valence-corrected chi connectivity index (χ2v) is 9.27. The quantitative estimate of drug-likeness (QED) is 0.549. The van der Waals surface area contributed by atoms with E-state index >= 15 is 0 Å². The Balaban J connectivity index is 1.59. The largest absolute Gasteiger partial charge is 0.484 e. The van der Waals surface area contributed by atoms with Gasteiger partial charge in [0, 0.05) is 24.8 Å². The molecule has 0 unspecified atom stereocenters. The van der Waals surface area contributed by atoms with Crippen LogP contribution in [0, 0.1) is 19.7 Å². The third kappa shape index (κ3) is 6.07. The number of nitrogens with zero attached hydrogens (tertiary/aromatic N) is 1. The van der Waals surface area contributed by atoms with Crippen molar-refractivity contribution in [2.24, 2.45) is 0 Å². The molecule has 0 atom stereocenters. The molecule has 0 saturated carbocycles. The van der Waals surface area contributed by atoms with Crippen LogP contribution in [0.25, 0.3) is 0 Å². The number of rotatable bonds is 8. The first-order chi connectivity index (χ1) is 15.1. The average molecular weight is 457 g/mol. The highest BCUT2D eigenvalue weighted by Crippen LogP contribution is 2.21. The van der Waals surface area contributed by atoms with E-state index in [9.17, 15) is 17.6 Å². The van der Waals surface area contributed by atoms with Gasteiger partial charge in [0.1, 0.15) is 11.6 Å². The number of hydrogen-bond donors (Lipinski definition) is 1. The third-order valence-electron chi connectivity index (χ3n) is 4.76. The summed E-state index contributed by atoms with van der Waals surface area (Å²) >= 11 is 0. The summed E-state index contributed by atoms with van der Waals surface area (Å²) in [5.41, 5.74) is 2.81. The Morgan fingerprint density at radius 3 is 2.25 bits per heavy atom. The fraction of sp³-hybridized carbons (Fsp3) is 0.208. The molecule has 0 spiro atoms. The van der Waals surface area contributed by atoms with Crippen molar-refractivity contribution in [3.63, 3.8) is 0 Å². The highest BCUT2D eigenvalue weighted by molar-refractivity contribution is 7.92. The van der Waals surface area contributed by atoms with Crippen molar-refractivity contribution in [1.82, 2.24) is 4.90 Å². The van der Waals surface area contributed by atoms with Crippen LogP contribution in [-0.4, -0.2) is 32.9 Å². The molecule has 0 radical (unpaired) electrons. The van der Waals surface area contributed by atoms with Crippen molar-refractivity contribution in [2.45, 2.75) is 25.3 Å². The van der Waals surface area contributed by atoms with Crippen LogP contribution in [0.2, 0.25) is 0 Å². The molecule has 3 aromatic carbocycles. The number of amides is 1. The SMILES string of the molecule is Cc1cc(C)cc(NS(=O)(=O)c2ccc(OCC(=O)N(C)Cc3ccccc3F)cc2)c1. The minimum atomic E-state index is -3.76. The Kier molecular flexibility index (Phi) is 7.15. The van der Waals surface area contributed by atoms with E-state index in [-0.39, 0.29) is 29.8 Å². The maximum atomic E-state index is 13.8. The molecule has 32 heavy (non-hydrogen) atoms. The van der Waals surface area contributed by atoms with Crippen molar-refractivity contribution < 1.29 is 22.3 Å². The van der Waals surface area contributed by atoms with Crippen molar-refractivity contribution in [3.05, 3.63) is 89.2 Å². The summed E-state index contributed by atoms with van der Waals surface area (Å²) < 4.78 is 47.1. The van der Waals surface area contributed by atoms with E-state index < -0.39 is 10.0 Å². The van der Waals surface area contributed by atoms with E-state index in [1.807, 2.05) is 19.9 Å². The molecule has 168 valence electrons. The molecule has 0 heterocycles. The van der Waals surface area contributed by atoms with Gasteiger partial charge in [0.2, 0.25) is 0 Å². The van der Waals surface area contributed by atoms with E-state index in [4.69, 9.17) is 4.74 Å². The molecule has 1 N–H and O–H groups in total. The molecule has 0 aliphatic rings. The van der Waals surface area contributed by atoms with Crippen LogP contribution in [0.3, 0.4) is 0 Å². The number of likely N-dealkylation sites (N-methyl/N-ethyl adjacent to an activating group) is 1. The van der Waals surface area contributed by atoms with E-state index in [2.05, 4.69) is 4.72 Å². The third-order valence-corrected chi connectivity index (χ3v) is 6.16. The number of aryl methyl sites for hydroxylation is 2. The van der Waals surface area contributed by atoms with Gasteiger partial charge in [-0.2, -0.15) is 0 Å². The van der Waals surface area contributed by atoms with Gasteiger partial charge in [-0.3, -0.25) is 9.52 Å². The first-order valence-corrected chi connectivity index (χ1v) is 11.4. The first-order valence-electron chi connectivity index (χ1n) is 9.95. The van der Waals surface area contributed by atoms with E-state index in [0.717, 1.165) is 11.1 Å². The molecule has 1 amide bonds. The summed E-state index contributed by atoms with van der Waals surface area (Å²) in [5.74, 6) is -0.358. The van der Waals surface area contributed by atoms with Crippen LogP contribution >= 0.6 is 0 Å². The van der Waals surface area contributed by atoms with Gasteiger partial charge < -0.3 is 9.64 Å². The minimum absolute atomic E-state index is 0.0759. The van der Waals surface area contributed by atoms with Crippen LogP contribution in [0.4, 0.5) is 10.1 Å². The molecule has 0 aliphatic heterocycles. The number of halogens is 1. The summed E-state index contributed by atoms with van der Waals surface area (Å²) in [6.07, 6.45) is 0. The zero-order valence-corrected chi connectivity index (χ0v) is 18.9. The second kappa shape index (κ2) is 9.82. The Hall–Kier alpha value is -3.39. The normalized spacial score (nSPS) is 11.1. The number of benzene rings is 3. The number of sulfonamides is 1. The molecular weight excluding hydrogens is 431 g/mol. The summed E-state index contributed by atoms with van der Waals surface area (Å²) in [6.45, 7) is 3.66. The van der Waals surface area contributed by atoms with Crippen LogP contribution < -0.4 is 9.46 Å². The number of anilines is 1. The topological polar surface area (TPSA) is 75.7 Å². The lowest BCUT2D eigenvalue weighted by molar-refractivity contribution is -0.132. The maximum Gasteiger partial charge on any atom is 0.261 e. The van der Waals surface area contributed by atoms with Crippen LogP contribution in [-0.2, 0) is 21.4 Å². The molecule has 0 aliphatic carbocycles. The van der Waals surface area contributed by atoms with Crippen LogP contribution in [0.15, 0.2) is 71.6 Å². The molecule has 3 aromatic rings. The summed E-state index contributed by atoms with van der Waals surface area (Å²) in [6, 6.07) is 17.5. The molecular formula is C24H25FN2O4S. The molecule has 0 saturated heterocycles. The van der Waals surface area contributed by atoms with Gasteiger partial charge in [0.25, 0.3) is 15.9 Å². The lowest BCUT2D eigenvalue weighted by Gasteiger charge is -2.18. The van der Waals surface area contributed by atoms with Gasteiger partial charge >= 0.3 is 0 Å². The molecule has 8 heteroatoms. The van der Waals surface area contributed by atoms with E-state index in [1.54, 1.807) is 37.4 Å². The van der Waals surface area contributed by atoms with Crippen molar-refractivity contribution >= 4 is 21.6 Å². The highest BCUT2D eigenvalue weighted by Gasteiger charge is 2.16. The number of nitrogens with one attached hydrogen (secondary N) is 1. The smallest absolute Gasteiger partial charge is 0.261 e. The van der Waals surface area contributed by atoms with Crippen LogP contribution in [0.1, 0.15) is 16.7 Å². The molecule has 0 aromatic heterocycles. The molecule has 0 bridgehead atoms. The van der Waals surface area contributed by atoms with Crippen LogP contribution in [0.5, 0.6) is 5.75 Å². The summed E-state index contributed by atoms with van der Waals surface area (Å²) in [7, 11) is -2.20. The Morgan fingerprint density at radius 1 is 1.00 bits per heavy atom. The van der Waals surface area contributed by atoms with Crippen molar-refractivity contribution in [3.8, 4) is 5.75 Å². The molecule has 3 rings (SSSR count). The predicted molar refractivity (Wildman–Crippen MR) is 122 cm³/mol. The van der Waals surface area contributed by atoms with Crippen molar-refractivity contribution in [1.29, 1.82) is 0 Å². The predicted octanol–water partition coefficient (Wildman–Crippen LogP) is 4.28. The van der Waals surface area contributed by atoms with Gasteiger partial charge in [0.15, 0.2) is 6.61 Å². The van der Waals surface area contributed by atoms with Crippen molar-refractivity contribution in [2.75, 3.05) is 18.4 Å². The minimum Gasteiger partial charge on any atom is -0.484 e. The van der Waals surface area contributed by atoms with Gasteiger partial charge in [-0.05, 0) is 67.4 Å². The summed E-state index contributed by atoms with van der Waals surface area (Å²) in [5, 5.41) is 0. The molecule has 0 fully saturated rings. The van der Waals surface area contributed by atoms with Gasteiger partial charge in [-0.15, -0.1) is 0 Å². The second-order valence-electron chi connectivity index (χ2n) is 7.58. The lowest BCUT2D eigenvalue weighted by Crippen LogP contribution is -2.31. The fourth-order valence-corrected chi connectivity index (χ4v) is 4.23. The number of carbonyl (C=O) groups is 1. The standard InChI is InChI=1S/C24H25FN2O4S/c1-17-12-18(2)14-20(13-17)26-32(29,30)22-10-8-21(9-11-22)31-16-24(28)27(3)15-19-6-4-5-7-23(19)25/h4-14,26H,15-16H2,1-3H3. The average Bonchev–Trinajstić information content (AvgIpc) is 2.72. The zero-order valence-electron chi connectivity index (χ0n) is 18.1. The monoisotopic (exact) mass is 456 g/mol. The molecule has 6 nitrogen and oxygen atoms in total. The number of hydrogen-bond acceptors (Lipinski definition) is 4. The van der Waals surface area contributed by atoms with Gasteiger partial charge in [-0.1, -0.05) is 24.3 Å². The first kappa shape index (κ1) is 23.3. The highest BCUT2D eigenvalue weighted by atomic mass is 32.2. The maximum absolute atomic E-state index is 13.8. The van der Waals surface area contributed by atoms with E-state index in [1.165, 1.54) is 35.2 Å². The lowest BCUT2D eigenvalue weighted by atomic mass is 10.1. The number of ether oxygens (including phenoxy) is 1. The Morgan fingerprint density at radius 2 is 1.62 bits per heavy atom. The Labute approximate surface area is 187 Å². The number of carbonyl (C=O) groups excluding carboxylic acids is 1. The van der Waals surface area contributed by atoms with E-state index in [0.29, 0.717) is 17.0 Å². The zero-order chi connectivity index (χ0) is 23.3. The van der Waals surface area contributed by atoms with Gasteiger partial charge in [0.05, 0.1) is 4.90 Å². The summed E-state index contributed by atoms with van der Waals surface area (Å²) in [4.78, 5) is 13.7. The Bertz CT molecular complexity index is 1190. The fourth-order valence-electron chi connectivity index (χ4n) is 3.19. The van der Waals surface area contributed by atoms with Gasteiger partial charge in [-0.25, -0.2) is 12.8 Å².